The van der Waals surface area contributed by atoms with Gasteiger partial charge in [0.2, 0.25) is 5.91 Å². The van der Waals surface area contributed by atoms with Gasteiger partial charge >= 0.3 is 0 Å². The van der Waals surface area contributed by atoms with Crippen LogP contribution in [0, 0.1) is 11.3 Å². The number of rotatable bonds is 6. The van der Waals surface area contributed by atoms with Gasteiger partial charge in [0.05, 0.1) is 6.10 Å². The van der Waals surface area contributed by atoms with Crippen molar-refractivity contribution in [1.29, 1.82) is 0 Å². The molecule has 1 aliphatic carbocycles. The maximum Gasteiger partial charge on any atom is 0.223 e. The van der Waals surface area contributed by atoms with Crippen LogP contribution >= 0.6 is 0 Å². The lowest BCUT2D eigenvalue weighted by Crippen LogP contribution is -2.62. The van der Waals surface area contributed by atoms with Crippen molar-refractivity contribution in [3.63, 3.8) is 0 Å². The van der Waals surface area contributed by atoms with E-state index < -0.39 is 0 Å². The average molecular weight is 242 g/mol. The Kier molecular flexibility index (Phi) is 4.95. The molecule has 3 atom stereocenters. The molecule has 0 aromatic heterocycles. The molecule has 0 aromatic carbocycles. The molecule has 1 rings (SSSR count). The molecule has 0 saturated heterocycles. The Morgan fingerprint density at radius 1 is 1.59 bits per heavy atom. The van der Waals surface area contributed by atoms with Gasteiger partial charge in [-0.15, -0.1) is 0 Å². The molecule has 4 heteroatoms. The number of carbonyl (C=O) groups is 1. The van der Waals surface area contributed by atoms with Gasteiger partial charge in [0.25, 0.3) is 0 Å². The first-order valence-electron chi connectivity index (χ1n) is 6.46. The molecule has 3 unspecified atom stereocenters. The quantitative estimate of drug-likeness (QED) is 0.737. The van der Waals surface area contributed by atoms with Crippen LogP contribution in [0.25, 0.3) is 0 Å². The highest BCUT2D eigenvalue weighted by molar-refractivity contribution is 5.78. The minimum Gasteiger partial charge on any atom is -0.381 e. The summed E-state index contributed by atoms with van der Waals surface area (Å²) in [5.41, 5.74) is 5.49. The topological polar surface area (TPSA) is 64.3 Å². The molecule has 17 heavy (non-hydrogen) atoms. The van der Waals surface area contributed by atoms with Gasteiger partial charge in [0, 0.05) is 24.5 Å². The number of amides is 1. The molecule has 0 heterocycles. The third-order valence-electron chi connectivity index (χ3n) is 4.07. The Labute approximate surface area is 104 Å². The SMILES string of the molecule is COC1CC(NC(=O)C(C)CCCN)C1(C)C. The standard InChI is InChI=1S/C13H26N2O2/c1-9(6-5-7-14)12(16)15-10-8-11(17-4)13(10,2)3/h9-11H,5-8,14H2,1-4H3,(H,15,16). The van der Waals surface area contributed by atoms with Gasteiger partial charge in [-0.2, -0.15) is 0 Å². The second kappa shape index (κ2) is 5.83. The molecule has 1 aliphatic rings. The summed E-state index contributed by atoms with van der Waals surface area (Å²) in [4.78, 5) is 11.9. The molecule has 0 radical (unpaired) electrons. The summed E-state index contributed by atoms with van der Waals surface area (Å²) in [6.45, 7) is 6.89. The number of nitrogens with two attached hydrogens (primary N) is 1. The zero-order chi connectivity index (χ0) is 13.1. The van der Waals surface area contributed by atoms with E-state index in [4.69, 9.17) is 10.5 Å². The molecule has 4 nitrogen and oxygen atoms in total. The second-order valence-electron chi connectivity index (χ2n) is 5.67. The summed E-state index contributed by atoms with van der Waals surface area (Å²) >= 11 is 0. The molecule has 0 aromatic rings. The first kappa shape index (κ1) is 14.5. The monoisotopic (exact) mass is 242 g/mol. The smallest absolute Gasteiger partial charge is 0.223 e. The largest absolute Gasteiger partial charge is 0.381 e. The molecular weight excluding hydrogens is 216 g/mol. The Morgan fingerprint density at radius 2 is 2.24 bits per heavy atom. The summed E-state index contributed by atoms with van der Waals surface area (Å²) in [6.07, 6.45) is 2.94. The lowest BCUT2D eigenvalue weighted by atomic mass is 9.64. The summed E-state index contributed by atoms with van der Waals surface area (Å²) in [5, 5.41) is 3.12. The average Bonchev–Trinajstić information content (AvgIpc) is 2.30. The van der Waals surface area contributed by atoms with Crippen LogP contribution in [0.1, 0.15) is 40.0 Å². The molecule has 1 fully saturated rings. The third kappa shape index (κ3) is 3.19. The van der Waals surface area contributed by atoms with Crippen molar-refractivity contribution in [2.45, 2.75) is 52.2 Å². The lowest BCUT2D eigenvalue weighted by molar-refractivity contribution is -0.135. The lowest BCUT2D eigenvalue weighted by Gasteiger charge is -2.51. The van der Waals surface area contributed by atoms with E-state index in [0.29, 0.717) is 6.54 Å². The minimum absolute atomic E-state index is 0.0397. The van der Waals surface area contributed by atoms with Crippen LogP contribution in [-0.2, 0) is 9.53 Å². The maximum absolute atomic E-state index is 11.9. The molecule has 0 bridgehead atoms. The van der Waals surface area contributed by atoms with E-state index in [2.05, 4.69) is 19.2 Å². The molecule has 0 spiro atoms. The van der Waals surface area contributed by atoms with Crippen molar-refractivity contribution < 1.29 is 9.53 Å². The highest BCUT2D eigenvalue weighted by Crippen LogP contribution is 2.42. The number of hydrogen-bond donors (Lipinski definition) is 2. The van der Waals surface area contributed by atoms with Crippen LogP contribution in [0.15, 0.2) is 0 Å². The van der Waals surface area contributed by atoms with Crippen molar-refractivity contribution in [3.05, 3.63) is 0 Å². The predicted octanol–water partition coefficient (Wildman–Crippen LogP) is 1.29. The molecule has 100 valence electrons. The summed E-state index contributed by atoms with van der Waals surface area (Å²) in [7, 11) is 1.73. The van der Waals surface area contributed by atoms with Gasteiger partial charge in [-0.05, 0) is 25.8 Å². The molecule has 3 N–H and O–H groups in total. The van der Waals surface area contributed by atoms with Crippen molar-refractivity contribution in [3.8, 4) is 0 Å². The first-order valence-corrected chi connectivity index (χ1v) is 6.46. The van der Waals surface area contributed by atoms with Gasteiger partial charge < -0.3 is 15.8 Å². The molecule has 0 aliphatic heterocycles. The van der Waals surface area contributed by atoms with E-state index in [1.54, 1.807) is 7.11 Å². The minimum atomic E-state index is 0.0397. The fourth-order valence-electron chi connectivity index (χ4n) is 2.40. The highest BCUT2D eigenvalue weighted by atomic mass is 16.5. The van der Waals surface area contributed by atoms with Crippen LogP contribution in [-0.4, -0.2) is 31.7 Å². The maximum atomic E-state index is 11.9. The molecule has 1 amide bonds. The summed E-state index contributed by atoms with van der Waals surface area (Å²) in [5.74, 6) is 0.196. The predicted molar refractivity (Wildman–Crippen MR) is 68.6 cm³/mol. The first-order chi connectivity index (χ1) is 7.93. The van der Waals surface area contributed by atoms with Crippen molar-refractivity contribution in [1.82, 2.24) is 5.32 Å². The highest BCUT2D eigenvalue weighted by Gasteiger charge is 2.49. The van der Waals surface area contributed by atoms with E-state index in [9.17, 15) is 4.79 Å². The number of hydrogen-bond acceptors (Lipinski definition) is 3. The van der Waals surface area contributed by atoms with Crippen LogP contribution in [0.5, 0.6) is 0 Å². The van der Waals surface area contributed by atoms with Gasteiger partial charge in [0.1, 0.15) is 0 Å². The molecule has 1 saturated carbocycles. The van der Waals surface area contributed by atoms with Crippen molar-refractivity contribution in [2.24, 2.45) is 17.1 Å². The van der Waals surface area contributed by atoms with Gasteiger partial charge in [-0.25, -0.2) is 0 Å². The zero-order valence-electron chi connectivity index (χ0n) is 11.5. The van der Waals surface area contributed by atoms with E-state index in [0.717, 1.165) is 19.3 Å². The Balaban J connectivity index is 2.38. The zero-order valence-corrected chi connectivity index (χ0v) is 11.5. The van der Waals surface area contributed by atoms with Crippen LogP contribution in [0.4, 0.5) is 0 Å². The fraction of sp³-hybridized carbons (Fsp3) is 0.923. The fourth-order valence-corrected chi connectivity index (χ4v) is 2.40. The summed E-state index contributed by atoms with van der Waals surface area (Å²) < 4.78 is 5.37. The van der Waals surface area contributed by atoms with Crippen molar-refractivity contribution in [2.75, 3.05) is 13.7 Å². The van der Waals surface area contributed by atoms with Gasteiger partial charge in [-0.3, -0.25) is 4.79 Å². The number of ether oxygens (including phenoxy) is 1. The number of methoxy groups -OCH3 is 1. The Hall–Kier alpha value is -0.610. The Bertz CT molecular complexity index is 266. The van der Waals surface area contributed by atoms with Crippen LogP contribution < -0.4 is 11.1 Å². The number of carbonyl (C=O) groups excluding carboxylic acids is 1. The van der Waals surface area contributed by atoms with E-state index in [1.807, 2.05) is 6.92 Å². The van der Waals surface area contributed by atoms with Gasteiger partial charge in [0.15, 0.2) is 0 Å². The van der Waals surface area contributed by atoms with Crippen molar-refractivity contribution >= 4 is 5.91 Å². The molecular formula is C13H26N2O2. The van der Waals surface area contributed by atoms with E-state index >= 15 is 0 Å². The normalized spacial score (nSPS) is 28.3. The third-order valence-corrected chi connectivity index (χ3v) is 4.07. The van der Waals surface area contributed by atoms with E-state index in [1.165, 1.54) is 0 Å². The van der Waals surface area contributed by atoms with E-state index in [-0.39, 0.29) is 29.4 Å². The van der Waals surface area contributed by atoms with Crippen LogP contribution in [0.2, 0.25) is 0 Å². The summed E-state index contributed by atoms with van der Waals surface area (Å²) in [6, 6.07) is 0.236. The second-order valence-corrected chi connectivity index (χ2v) is 5.67. The van der Waals surface area contributed by atoms with Crippen LogP contribution in [0.3, 0.4) is 0 Å². The van der Waals surface area contributed by atoms with Gasteiger partial charge in [-0.1, -0.05) is 20.8 Å². The number of nitrogens with one attached hydrogen (secondary N) is 1. The Morgan fingerprint density at radius 3 is 2.71 bits per heavy atom.